The molecule has 0 aromatic heterocycles. The third-order valence-electron chi connectivity index (χ3n) is 1.83. The Kier molecular flexibility index (Phi) is 3.45. The molecular formula is C10H13FN2O. The Labute approximate surface area is 82.1 Å². The molecule has 14 heavy (non-hydrogen) atoms. The Morgan fingerprint density at radius 1 is 1.57 bits per heavy atom. The number of hydrogen-bond acceptors (Lipinski definition) is 2. The molecule has 0 aliphatic heterocycles. The Bertz CT molecular complexity index is 339. The van der Waals surface area contributed by atoms with Gasteiger partial charge in [0, 0.05) is 6.54 Å². The molecule has 0 saturated carbocycles. The summed E-state index contributed by atoms with van der Waals surface area (Å²) in [4.78, 5) is 11.4. The quantitative estimate of drug-likeness (QED) is 0.720. The van der Waals surface area contributed by atoms with Crippen molar-refractivity contribution in [3.63, 3.8) is 0 Å². The van der Waals surface area contributed by atoms with Gasteiger partial charge in [0.1, 0.15) is 5.82 Å². The first-order valence-corrected chi connectivity index (χ1v) is 4.49. The Morgan fingerprint density at radius 2 is 2.29 bits per heavy atom. The van der Waals surface area contributed by atoms with Crippen molar-refractivity contribution in [1.82, 2.24) is 5.32 Å². The van der Waals surface area contributed by atoms with Gasteiger partial charge in [0.15, 0.2) is 0 Å². The SMILES string of the molecule is CCCNC(=O)c1cccc(F)c1N. The van der Waals surface area contributed by atoms with Crippen molar-refractivity contribution in [2.75, 3.05) is 12.3 Å². The van der Waals surface area contributed by atoms with Crippen LogP contribution in [0.3, 0.4) is 0 Å². The maximum Gasteiger partial charge on any atom is 0.253 e. The number of hydrogen-bond donors (Lipinski definition) is 2. The van der Waals surface area contributed by atoms with Gasteiger partial charge in [-0.25, -0.2) is 4.39 Å². The number of halogens is 1. The number of nitrogens with one attached hydrogen (secondary N) is 1. The van der Waals surface area contributed by atoms with E-state index < -0.39 is 5.82 Å². The lowest BCUT2D eigenvalue weighted by atomic mass is 10.1. The fourth-order valence-electron chi connectivity index (χ4n) is 1.07. The van der Waals surface area contributed by atoms with Crippen LogP contribution < -0.4 is 11.1 Å². The standard InChI is InChI=1S/C10H13FN2O/c1-2-6-13-10(14)7-4-3-5-8(11)9(7)12/h3-5H,2,6,12H2,1H3,(H,13,14). The average molecular weight is 196 g/mol. The highest BCUT2D eigenvalue weighted by molar-refractivity contribution is 5.99. The number of nitrogen functional groups attached to an aromatic ring is 1. The molecule has 0 spiro atoms. The van der Waals surface area contributed by atoms with Gasteiger partial charge in [0.05, 0.1) is 11.3 Å². The first kappa shape index (κ1) is 10.5. The first-order chi connectivity index (χ1) is 6.66. The van der Waals surface area contributed by atoms with Gasteiger partial charge in [-0.15, -0.1) is 0 Å². The maximum atomic E-state index is 13.0. The number of amides is 1. The molecule has 76 valence electrons. The van der Waals surface area contributed by atoms with Gasteiger partial charge in [-0.3, -0.25) is 4.79 Å². The molecular weight excluding hydrogens is 183 g/mol. The Balaban J connectivity index is 2.84. The molecule has 3 N–H and O–H groups in total. The zero-order valence-electron chi connectivity index (χ0n) is 8.01. The highest BCUT2D eigenvalue weighted by Gasteiger charge is 2.11. The molecule has 0 saturated heterocycles. The van der Waals surface area contributed by atoms with Crippen molar-refractivity contribution in [3.8, 4) is 0 Å². The van der Waals surface area contributed by atoms with Crippen molar-refractivity contribution in [1.29, 1.82) is 0 Å². The summed E-state index contributed by atoms with van der Waals surface area (Å²) in [5, 5.41) is 2.63. The lowest BCUT2D eigenvalue weighted by Crippen LogP contribution is -2.25. The smallest absolute Gasteiger partial charge is 0.253 e. The van der Waals surface area contributed by atoms with Crippen LogP contribution in [-0.2, 0) is 0 Å². The fourth-order valence-corrected chi connectivity index (χ4v) is 1.07. The molecule has 0 unspecified atom stereocenters. The molecule has 1 aromatic rings. The van der Waals surface area contributed by atoms with E-state index in [9.17, 15) is 9.18 Å². The number of rotatable bonds is 3. The molecule has 1 aromatic carbocycles. The zero-order chi connectivity index (χ0) is 10.6. The van der Waals surface area contributed by atoms with E-state index in [1.165, 1.54) is 18.2 Å². The molecule has 0 aliphatic rings. The molecule has 0 aliphatic carbocycles. The van der Waals surface area contributed by atoms with Crippen LogP contribution in [0.1, 0.15) is 23.7 Å². The molecule has 0 fully saturated rings. The van der Waals surface area contributed by atoms with Gasteiger partial charge in [-0.05, 0) is 18.6 Å². The molecule has 0 radical (unpaired) electrons. The van der Waals surface area contributed by atoms with Crippen LogP contribution >= 0.6 is 0 Å². The summed E-state index contributed by atoms with van der Waals surface area (Å²) in [6, 6.07) is 4.20. The van der Waals surface area contributed by atoms with Gasteiger partial charge in [-0.2, -0.15) is 0 Å². The summed E-state index contributed by atoms with van der Waals surface area (Å²) in [5.74, 6) is -0.891. The fraction of sp³-hybridized carbons (Fsp3) is 0.300. The van der Waals surface area contributed by atoms with E-state index in [-0.39, 0.29) is 17.2 Å². The predicted molar refractivity (Wildman–Crippen MR) is 53.4 cm³/mol. The second-order valence-corrected chi connectivity index (χ2v) is 2.96. The third kappa shape index (κ3) is 2.22. The number of carbonyl (C=O) groups excluding carboxylic acids is 1. The van der Waals surface area contributed by atoms with Crippen molar-refractivity contribution in [2.45, 2.75) is 13.3 Å². The minimum atomic E-state index is -0.561. The second-order valence-electron chi connectivity index (χ2n) is 2.96. The summed E-state index contributed by atoms with van der Waals surface area (Å²) in [6.45, 7) is 2.50. The highest BCUT2D eigenvalue weighted by atomic mass is 19.1. The second kappa shape index (κ2) is 4.60. The number of para-hydroxylation sites is 1. The highest BCUT2D eigenvalue weighted by Crippen LogP contribution is 2.15. The van der Waals surface area contributed by atoms with E-state index in [2.05, 4.69) is 5.32 Å². The number of nitrogens with two attached hydrogens (primary N) is 1. The molecule has 0 atom stereocenters. The van der Waals surface area contributed by atoms with Gasteiger partial charge in [0.2, 0.25) is 0 Å². The topological polar surface area (TPSA) is 55.1 Å². The Morgan fingerprint density at radius 3 is 2.93 bits per heavy atom. The Hall–Kier alpha value is -1.58. The van der Waals surface area contributed by atoms with Crippen LogP contribution in [0.25, 0.3) is 0 Å². The maximum absolute atomic E-state index is 13.0. The van der Waals surface area contributed by atoms with Crippen molar-refractivity contribution < 1.29 is 9.18 Å². The monoisotopic (exact) mass is 196 g/mol. The molecule has 4 heteroatoms. The van der Waals surface area contributed by atoms with Crippen LogP contribution in [0, 0.1) is 5.82 Å². The normalized spacial score (nSPS) is 9.86. The summed E-state index contributed by atoms with van der Waals surface area (Å²) in [5.41, 5.74) is 5.52. The minimum Gasteiger partial charge on any atom is -0.396 e. The summed E-state index contributed by atoms with van der Waals surface area (Å²) in [6.07, 6.45) is 0.834. The van der Waals surface area contributed by atoms with Crippen molar-refractivity contribution in [3.05, 3.63) is 29.6 Å². The third-order valence-corrected chi connectivity index (χ3v) is 1.83. The lowest BCUT2D eigenvalue weighted by molar-refractivity contribution is 0.0954. The summed E-state index contributed by atoms with van der Waals surface area (Å²) < 4.78 is 13.0. The molecule has 0 bridgehead atoms. The largest absolute Gasteiger partial charge is 0.396 e. The number of benzene rings is 1. The van der Waals surface area contributed by atoms with E-state index >= 15 is 0 Å². The van der Waals surface area contributed by atoms with E-state index in [1.54, 1.807) is 0 Å². The first-order valence-electron chi connectivity index (χ1n) is 4.49. The number of carbonyl (C=O) groups is 1. The van der Waals surface area contributed by atoms with Crippen LogP contribution in [-0.4, -0.2) is 12.5 Å². The van der Waals surface area contributed by atoms with Crippen molar-refractivity contribution in [2.24, 2.45) is 0 Å². The van der Waals surface area contributed by atoms with E-state index in [4.69, 9.17) is 5.73 Å². The van der Waals surface area contributed by atoms with E-state index in [0.29, 0.717) is 6.54 Å². The van der Waals surface area contributed by atoms with Crippen LogP contribution in [0.5, 0.6) is 0 Å². The summed E-state index contributed by atoms with van der Waals surface area (Å²) >= 11 is 0. The van der Waals surface area contributed by atoms with Crippen LogP contribution in [0.4, 0.5) is 10.1 Å². The zero-order valence-corrected chi connectivity index (χ0v) is 8.01. The minimum absolute atomic E-state index is 0.0962. The van der Waals surface area contributed by atoms with E-state index in [1.807, 2.05) is 6.92 Å². The summed E-state index contributed by atoms with van der Waals surface area (Å²) in [7, 11) is 0. The van der Waals surface area contributed by atoms with E-state index in [0.717, 1.165) is 6.42 Å². The van der Waals surface area contributed by atoms with Gasteiger partial charge < -0.3 is 11.1 Å². The number of anilines is 1. The molecule has 0 heterocycles. The van der Waals surface area contributed by atoms with Gasteiger partial charge in [-0.1, -0.05) is 13.0 Å². The molecule has 1 rings (SSSR count). The van der Waals surface area contributed by atoms with Gasteiger partial charge >= 0.3 is 0 Å². The van der Waals surface area contributed by atoms with Crippen molar-refractivity contribution >= 4 is 11.6 Å². The molecule has 3 nitrogen and oxygen atoms in total. The van der Waals surface area contributed by atoms with Gasteiger partial charge in [0.25, 0.3) is 5.91 Å². The van der Waals surface area contributed by atoms with Crippen LogP contribution in [0.15, 0.2) is 18.2 Å². The van der Waals surface area contributed by atoms with Crippen LogP contribution in [0.2, 0.25) is 0 Å². The molecule has 1 amide bonds. The lowest BCUT2D eigenvalue weighted by Gasteiger charge is -2.06. The predicted octanol–water partition coefficient (Wildman–Crippen LogP) is 1.55. The average Bonchev–Trinajstić information content (AvgIpc) is 2.18.